The molecule has 1 N–H and O–H groups in total. The van der Waals surface area contributed by atoms with E-state index in [1.807, 2.05) is 12.4 Å². The molecule has 1 aliphatic heterocycles. The molecule has 1 aromatic rings. The normalized spacial score (nSPS) is 21.5. The van der Waals surface area contributed by atoms with Gasteiger partial charge in [0.25, 0.3) is 0 Å². The number of nitrogens with zero attached hydrogens (tertiary/aromatic N) is 2. The smallest absolute Gasteiger partial charge is 0.0573 e. The van der Waals surface area contributed by atoms with Crippen molar-refractivity contribution in [3.63, 3.8) is 0 Å². The van der Waals surface area contributed by atoms with Crippen LogP contribution in [-0.4, -0.2) is 24.6 Å². The molecule has 0 radical (unpaired) electrons. The van der Waals surface area contributed by atoms with Crippen molar-refractivity contribution < 1.29 is 0 Å². The van der Waals surface area contributed by atoms with E-state index in [1.165, 1.54) is 63.7 Å². The Morgan fingerprint density at radius 3 is 2.57 bits per heavy atom. The lowest BCUT2D eigenvalue weighted by atomic mass is 9.68. The summed E-state index contributed by atoms with van der Waals surface area (Å²) in [5.74, 6) is 0. The van der Waals surface area contributed by atoms with Crippen LogP contribution in [0.25, 0.3) is 0 Å². The quantitative estimate of drug-likeness (QED) is 0.886. The van der Waals surface area contributed by atoms with Crippen LogP contribution in [-0.2, 0) is 0 Å². The molecular weight excluding hydrogens is 258 g/mol. The van der Waals surface area contributed by atoms with Crippen LogP contribution in [0.1, 0.15) is 58.3 Å². The topological polar surface area (TPSA) is 28.2 Å². The molecule has 2 fully saturated rings. The highest BCUT2D eigenvalue weighted by Crippen LogP contribution is 2.45. The molecule has 116 valence electrons. The molecule has 0 aromatic carbocycles. The van der Waals surface area contributed by atoms with Gasteiger partial charge in [0.05, 0.1) is 23.8 Å². The summed E-state index contributed by atoms with van der Waals surface area (Å²) in [4.78, 5) is 6.94. The van der Waals surface area contributed by atoms with E-state index in [4.69, 9.17) is 0 Å². The number of anilines is 2. The van der Waals surface area contributed by atoms with E-state index < -0.39 is 0 Å². The monoisotopic (exact) mass is 287 g/mol. The van der Waals surface area contributed by atoms with Crippen molar-refractivity contribution in [1.82, 2.24) is 4.98 Å². The van der Waals surface area contributed by atoms with Crippen molar-refractivity contribution >= 4 is 11.4 Å². The van der Waals surface area contributed by atoms with Crippen LogP contribution in [0.3, 0.4) is 0 Å². The predicted octanol–water partition coefficient (Wildman–Crippen LogP) is 4.45. The molecule has 1 saturated carbocycles. The molecule has 1 saturated heterocycles. The minimum atomic E-state index is 0.681. The molecular formula is C18H29N3. The summed E-state index contributed by atoms with van der Waals surface area (Å²) in [5, 5.41) is 3.44. The number of rotatable bonds is 4. The number of nitrogens with one attached hydrogen (secondary N) is 1. The Bertz CT molecular complexity index is 442. The van der Waals surface area contributed by atoms with Gasteiger partial charge >= 0.3 is 0 Å². The van der Waals surface area contributed by atoms with E-state index in [2.05, 4.69) is 28.2 Å². The Kier molecular flexibility index (Phi) is 4.67. The van der Waals surface area contributed by atoms with Crippen LogP contribution < -0.4 is 10.2 Å². The first-order chi connectivity index (χ1) is 10.3. The Balaban J connectivity index is 1.61. The molecule has 0 atom stereocenters. The highest BCUT2D eigenvalue weighted by molar-refractivity contribution is 5.55. The number of hydrogen-bond acceptors (Lipinski definition) is 3. The Hall–Kier alpha value is -1.25. The Labute approximate surface area is 129 Å². The maximum Gasteiger partial charge on any atom is 0.0573 e. The highest BCUT2D eigenvalue weighted by atomic mass is 15.1. The van der Waals surface area contributed by atoms with Gasteiger partial charge in [-0.25, -0.2) is 0 Å². The minimum absolute atomic E-state index is 0.681. The average molecular weight is 287 g/mol. The first-order valence-electron chi connectivity index (χ1n) is 8.75. The molecule has 0 unspecified atom stereocenters. The third-order valence-corrected chi connectivity index (χ3v) is 5.41. The van der Waals surface area contributed by atoms with Crippen molar-refractivity contribution in [1.29, 1.82) is 0 Å². The zero-order chi connectivity index (χ0) is 14.5. The van der Waals surface area contributed by atoms with E-state index >= 15 is 0 Å². The number of hydrogen-bond donors (Lipinski definition) is 1. The van der Waals surface area contributed by atoms with Gasteiger partial charge in [0.15, 0.2) is 0 Å². The van der Waals surface area contributed by atoms with Gasteiger partial charge < -0.3 is 10.2 Å². The van der Waals surface area contributed by atoms with Crippen molar-refractivity contribution in [2.24, 2.45) is 5.41 Å². The maximum atomic E-state index is 4.41. The summed E-state index contributed by atoms with van der Waals surface area (Å²) in [5.41, 5.74) is 3.13. The fourth-order valence-corrected chi connectivity index (χ4v) is 4.01. The average Bonchev–Trinajstić information content (AvgIpc) is 2.55. The summed E-state index contributed by atoms with van der Waals surface area (Å²) in [7, 11) is 0. The number of piperidine rings is 1. The van der Waals surface area contributed by atoms with Gasteiger partial charge in [-0.1, -0.05) is 26.2 Å². The van der Waals surface area contributed by atoms with E-state index in [9.17, 15) is 0 Å². The van der Waals surface area contributed by atoms with Crippen LogP contribution >= 0.6 is 0 Å². The highest BCUT2D eigenvalue weighted by Gasteiger charge is 2.35. The maximum absolute atomic E-state index is 4.41. The van der Waals surface area contributed by atoms with Crippen molar-refractivity contribution in [2.45, 2.75) is 58.3 Å². The SMILES string of the molecule is CCCNc1cncc(N2CCC3(CCCCC3)CC2)c1. The van der Waals surface area contributed by atoms with E-state index in [-0.39, 0.29) is 0 Å². The second-order valence-corrected chi connectivity index (χ2v) is 6.91. The minimum Gasteiger partial charge on any atom is -0.384 e. The standard InChI is InChI=1S/C18H29N3/c1-2-10-20-16-13-17(15-19-14-16)21-11-8-18(9-12-21)6-4-3-5-7-18/h13-15,20H,2-12H2,1H3. The first-order valence-corrected chi connectivity index (χ1v) is 8.75. The van der Waals surface area contributed by atoms with E-state index in [0.717, 1.165) is 18.7 Å². The van der Waals surface area contributed by atoms with Crippen LogP contribution in [0.4, 0.5) is 11.4 Å². The zero-order valence-corrected chi connectivity index (χ0v) is 13.4. The van der Waals surface area contributed by atoms with E-state index in [1.54, 1.807) is 0 Å². The fourth-order valence-electron chi connectivity index (χ4n) is 4.01. The largest absolute Gasteiger partial charge is 0.384 e. The predicted molar refractivity (Wildman–Crippen MR) is 90.0 cm³/mol. The molecule has 3 nitrogen and oxygen atoms in total. The van der Waals surface area contributed by atoms with Gasteiger partial charge in [-0.05, 0) is 43.6 Å². The van der Waals surface area contributed by atoms with Crippen LogP contribution in [0.15, 0.2) is 18.5 Å². The second-order valence-electron chi connectivity index (χ2n) is 6.91. The third kappa shape index (κ3) is 3.50. The van der Waals surface area contributed by atoms with Gasteiger partial charge in [0.2, 0.25) is 0 Å². The van der Waals surface area contributed by atoms with Gasteiger partial charge in [0.1, 0.15) is 0 Å². The van der Waals surface area contributed by atoms with Crippen LogP contribution in [0, 0.1) is 5.41 Å². The van der Waals surface area contributed by atoms with Gasteiger partial charge in [-0.2, -0.15) is 0 Å². The third-order valence-electron chi connectivity index (χ3n) is 5.41. The zero-order valence-electron chi connectivity index (χ0n) is 13.4. The van der Waals surface area contributed by atoms with Crippen molar-refractivity contribution in [2.75, 3.05) is 29.9 Å². The Morgan fingerprint density at radius 2 is 1.86 bits per heavy atom. The summed E-state index contributed by atoms with van der Waals surface area (Å²) in [6.45, 7) is 5.63. The molecule has 0 amide bonds. The molecule has 0 bridgehead atoms. The van der Waals surface area contributed by atoms with Gasteiger partial charge in [-0.3, -0.25) is 4.98 Å². The molecule has 3 rings (SSSR count). The van der Waals surface area contributed by atoms with Crippen LogP contribution in [0.2, 0.25) is 0 Å². The molecule has 2 heterocycles. The summed E-state index contributed by atoms with van der Waals surface area (Å²) >= 11 is 0. The molecule has 3 heteroatoms. The lowest BCUT2D eigenvalue weighted by Gasteiger charge is -2.45. The molecule has 21 heavy (non-hydrogen) atoms. The summed E-state index contributed by atoms with van der Waals surface area (Å²) < 4.78 is 0. The Morgan fingerprint density at radius 1 is 1.10 bits per heavy atom. The van der Waals surface area contributed by atoms with Crippen molar-refractivity contribution in [3.8, 4) is 0 Å². The lowest BCUT2D eigenvalue weighted by molar-refractivity contribution is 0.144. The lowest BCUT2D eigenvalue weighted by Crippen LogP contribution is -2.41. The first kappa shape index (κ1) is 14.7. The van der Waals surface area contributed by atoms with Gasteiger partial charge in [-0.15, -0.1) is 0 Å². The fraction of sp³-hybridized carbons (Fsp3) is 0.722. The second kappa shape index (κ2) is 6.67. The molecule has 2 aliphatic rings. The molecule has 1 spiro atoms. The number of aromatic nitrogens is 1. The summed E-state index contributed by atoms with van der Waals surface area (Å²) in [6.07, 6.45) is 15.2. The summed E-state index contributed by atoms with van der Waals surface area (Å²) in [6, 6.07) is 2.27. The van der Waals surface area contributed by atoms with E-state index in [0.29, 0.717) is 5.41 Å². The van der Waals surface area contributed by atoms with Crippen molar-refractivity contribution in [3.05, 3.63) is 18.5 Å². The van der Waals surface area contributed by atoms with Gasteiger partial charge in [0, 0.05) is 19.6 Å². The van der Waals surface area contributed by atoms with Crippen LogP contribution in [0.5, 0.6) is 0 Å². The number of pyridine rings is 1. The molecule has 1 aliphatic carbocycles. The molecule has 1 aromatic heterocycles.